The number of benzene rings is 3. The second-order valence-corrected chi connectivity index (χ2v) is 7.79. The summed E-state index contributed by atoms with van der Waals surface area (Å²) >= 11 is 0. The minimum absolute atomic E-state index is 0.164. The number of hydrazone groups is 1. The third-order valence-corrected chi connectivity index (χ3v) is 5.59. The van der Waals surface area contributed by atoms with Gasteiger partial charge < -0.3 is 9.64 Å². The van der Waals surface area contributed by atoms with Crippen LogP contribution in [0.5, 0.6) is 5.75 Å². The Balaban J connectivity index is 1.57. The largest absolute Gasteiger partial charge is 0.497 e. The summed E-state index contributed by atoms with van der Waals surface area (Å²) in [5.74, 6) is -0.383. The number of amides is 2. The predicted octanol–water partition coefficient (Wildman–Crippen LogP) is 4.28. The Hall–Kier alpha value is -4.00. The number of halogens is 1. The van der Waals surface area contributed by atoms with Gasteiger partial charge in [-0.25, -0.2) is 9.40 Å². The molecular formula is C26H24FN3O3. The average Bonchev–Trinajstić information content (AvgIpc) is 3.30. The van der Waals surface area contributed by atoms with Crippen LogP contribution in [0.2, 0.25) is 0 Å². The first-order valence-corrected chi connectivity index (χ1v) is 10.6. The molecule has 1 aliphatic rings. The molecule has 3 aromatic carbocycles. The van der Waals surface area contributed by atoms with Gasteiger partial charge in [0.25, 0.3) is 11.8 Å². The lowest BCUT2D eigenvalue weighted by Gasteiger charge is -2.25. The van der Waals surface area contributed by atoms with Crippen molar-refractivity contribution in [3.8, 4) is 5.75 Å². The van der Waals surface area contributed by atoms with Crippen LogP contribution in [0.4, 0.5) is 4.39 Å². The van der Waals surface area contributed by atoms with Crippen LogP contribution < -0.4 is 4.74 Å². The van der Waals surface area contributed by atoms with Gasteiger partial charge in [0, 0.05) is 24.6 Å². The van der Waals surface area contributed by atoms with E-state index in [1.54, 1.807) is 56.6 Å². The number of likely N-dealkylation sites (N-methyl/N-ethyl adjacent to an activating group) is 1. The molecule has 6 nitrogen and oxygen atoms in total. The van der Waals surface area contributed by atoms with E-state index < -0.39 is 0 Å². The summed E-state index contributed by atoms with van der Waals surface area (Å²) in [5, 5.41) is 5.86. The Bertz CT molecular complexity index is 1180. The number of hydrogen-bond donors (Lipinski definition) is 0. The van der Waals surface area contributed by atoms with Crippen molar-refractivity contribution < 1.29 is 18.7 Å². The minimum atomic E-state index is -0.385. The number of nitrogens with zero attached hydrogens (tertiary/aromatic N) is 3. The van der Waals surface area contributed by atoms with Gasteiger partial charge in [-0.3, -0.25) is 9.59 Å². The molecule has 0 aliphatic carbocycles. The summed E-state index contributed by atoms with van der Waals surface area (Å²) in [6.45, 7) is -0.164. The van der Waals surface area contributed by atoms with Gasteiger partial charge in [-0.05, 0) is 35.9 Å². The van der Waals surface area contributed by atoms with Gasteiger partial charge in [-0.1, -0.05) is 48.5 Å². The zero-order valence-electron chi connectivity index (χ0n) is 18.4. The molecule has 3 aromatic rings. The smallest absolute Gasteiger partial charge is 0.262 e. The van der Waals surface area contributed by atoms with Gasteiger partial charge in [0.1, 0.15) is 18.1 Å². The molecule has 1 aliphatic heterocycles. The lowest BCUT2D eigenvalue weighted by molar-refractivity contribution is -0.133. The maximum Gasteiger partial charge on any atom is 0.262 e. The molecular weight excluding hydrogens is 421 g/mol. The van der Waals surface area contributed by atoms with Crippen LogP contribution in [0.25, 0.3) is 0 Å². The number of methoxy groups -OCH3 is 1. The second kappa shape index (κ2) is 9.65. The number of rotatable bonds is 6. The van der Waals surface area contributed by atoms with Crippen LogP contribution in [0.1, 0.15) is 33.9 Å². The van der Waals surface area contributed by atoms with E-state index in [2.05, 4.69) is 5.10 Å². The zero-order valence-corrected chi connectivity index (χ0v) is 18.4. The van der Waals surface area contributed by atoms with Crippen LogP contribution in [-0.4, -0.2) is 48.1 Å². The number of carbonyl (C=O) groups is 2. The van der Waals surface area contributed by atoms with Crippen LogP contribution in [0, 0.1) is 5.82 Å². The van der Waals surface area contributed by atoms with E-state index >= 15 is 0 Å². The topological polar surface area (TPSA) is 62.2 Å². The molecule has 0 fully saturated rings. The Morgan fingerprint density at radius 1 is 1.03 bits per heavy atom. The lowest BCUT2D eigenvalue weighted by Crippen LogP contribution is -2.39. The molecule has 2 amide bonds. The van der Waals surface area contributed by atoms with E-state index in [-0.39, 0.29) is 30.2 Å². The zero-order chi connectivity index (χ0) is 23.4. The Morgan fingerprint density at radius 3 is 2.36 bits per heavy atom. The van der Waals surface area contributed by atoms with Crippen LogP contribution in [0.15, 0.2) is 84.0 Å². The number of carbonyl (C=O) groups excluding carboxylic acids is 2. The molecule has 0 radical (unpaired) electrons. The first-order chi connectivity index (χ1) is 16.0. The highest BCUT2D eigenvalue weighted by Crippen LogP contribution is 2.33. The molecule has 0 bridgehead atoms. The van der Waals surface area contributed by atoms with Crippen molar-refractivity contribution in [2.45, 2.75) is 12.5 Å². The highest BCUT2D eigenvalue weighted by atomic mass is 19.1. The van der Waals surface area contributed by atoms with Gasteiger partial charge >= 0.3 is 0 Å². The maximum absolute atomic E-state index is 14.4. The van der Waals surface area contributed by atoms with E-state index in [0.717, 1.165) is 5.56 Å². The summed E-state index contributed by atoms with van der Waals surface area (Å²) < 4.78 is 19.5. The molecule has 1 heterocycles. The van der Waals surface area contributed by atoms with Crippen molar-refractivity contribution in [3.05, 3.63) is 101 Å². The fourth-order valence-electron chi connectivity index (χ4n) is 3.83. The van der Waals surface area contributed by atoms with Gasteiger partial charge in [-0.2, -0.15) is 5.10 Å². The first kappa shape index (κ1) is 22.2. The molecule has 0 saturated carbocycles. The van der Waals surface area contributed by atoms with E-state index in [1.165, 1.54) is 16.0 Å². The Labute approximate surface area is 191 Å². The Morgan fingerprint density at radius 2 is 1.70 bits per heavy atom. The van der Waals surface area contributed by atoms with Crippen LogP contribution in [0.3, 0.4) is 0 Å². The molecule has 0 spiro atoms. The first-order valence-electron chi connectivity index (χ1n) is 10.6. The summed E-state index contributed by atoms with van der Waals surface area (Å²) in [7, 11) is 3.12. The summed E-state index contributed by atoms with van der Waals surface area (Å²) in [5.41, 5.74) is 2.21. The lowest BCUT2D eigenvalue weighted by atomic mass is 9.98. The van der Waals surface area contributed by atoms with Crippen molar-refractivity contribution in [1.29, 1.82) is 0 Å². The van der Waals surface area contributed by atoms with Crippen LogP contribution in [-0.2, 0) is 4.79 Å². The maximum atomic E-state index is 14.4. The third kappa shape index (κ3) is 4.77. The van der Waals surface area contributed by atoms with E-state index in [1.807, 2.05) is 30.3 Å². The number of ether oxygens (including phenoxy) is 1. The molecule has 1 atom stereocenters. The SMILES string of the molecule is COc1ccc(C(=O)N(C)CC(=O)N2N=C(c3ccccc3F)C[C@@H]2c2ccccc2)cc1. The van der Waals surface area contributed by atoms with Crippen molar-refractivity contribution in [1.82, 2.24) is 9.91 Å². The highest BCUT2D eigenvalue weighted by molar-refractivity contribution is 6.04. The summed E-state index contributed by atoms with van der Waals surface area (Å²) in [4.78, 5) is 27.4. The minimum Gasteiger partial charge on any atom is -0.497 e. The van der Waals surface area contributed by atoms with Gasteiger partial charge in [-0.15, -0.1) is 0 Å². The quantitative estimate of drug-likeness (QED) is 0.569. The average molecular weight is 445 g/mol. The summed E-state index contributed by atoms with van der Waals surface area (Å²) in [6.07, 6.45) is 0.382. The predicted molar refractivity (Wildman–Crippen MR) is 124 cm³/mol. The van der Waals surface area contributed by atoms with E-state index in [9.17, 15) is 14.0 Å². The molecule has 4 rings (SSSR count). The van der Waals surface area contributed by atoms with Crippen molar-refractivity contribution in [3.63, 3.8) is 0 Å². The van der Waals surface area contributed by atoms with Gasteiger partial charge in [0.05, 0.1) is 18.9 Å². The van der Waals surface area contributed by atoms with Crippen LogP contribution >= 0.6 is 0 Å². The molecule has 33 heavy (non-hydrogen) atoms. The van der Waals surface area contributed by atoms with Crippen molar-refractivity contribution >= 4 is 17.5 Å². The molecule has 0 unspecified atom stereocenters. The van der Waals surface area contributed by atoms with Crippen molar-refractivity contribution in [2.24, 2.45) is 5.10 Å². The molecule has 168 valence electrons. The van der Waals surface area contributed by atoms with Gasteiger partial charge in [0.2, 0.25) is 0 Å². The second-order valence-electron chi connectivity index (χ2n) is 7.79. The fourth-order valence-corrected chi connectivity index (χ4v) is 3.83. The standard InChI is InChI=1S/C26H24FN3O3/c1-29(26(32)19-12-14-20(33-2)15-13-19)17-25(31)30-24(18-8-4-3-5-9-18)16-23(28-30)21-10-6-7-11-22(21)27/h3-15,24H,16-17H2,1-2H3/t24-/m1/s1. The molecule has 0 saturated heterocycles. The van der Waals surface area contributed by atoms with Crippen molar-refractivity contribution in [2.75, 3.05) is 20.7 Å². The fraction of sp³-hybridized carbons (Fsp3) is 0.192. The van der Waals surface area contributed by atoms with E-state index in [0.29, 0.717) is 29.0 Å². The Kier molecular flexibility index (Phi) is 6.49. The highest BCUT2D eigenvalue weighted by Gasteiger charge is 2.34. The normalized spacial score (nSPS) is 15.2. The molecule has 0 N–H and O–H groups in total. The monoisotopic (exact) mass is 445 g/mol. The molecule has 7 heteroatoms. The van der Waals surface area contributed by atoms with Gasteiger partial charge in [0.15, 0.2) is 0 Å². The third-order valence-electron chi connectivity index (χ3n) is 5.59. The summed E-state index contributed by atoms with van der Waals surface area (Å²) in [6, 6.07) is 22.2. The molecule has 0 aromatic heterocycles. The number of hydrogen-bond acceptors (Lipinski definition) is 4. The van der Waals surface area contributed by atoms with E-state index in [4.69, 9.17) is 4.74 Å².